The van der Waals surface area contributed by atoms with Crippen LogP contribution in [0, 0.1) is 5.92 Å². The Hall–Kier alpha value is -1.26. The maximum absolute atomic E-state index is 9.48. The minimum Gasteiger partial charge on any atom is -0.497 e. The molecule has 4 nitrogen and oxygen atoms in total. The number of rotatable bonds is 8. The van der Waals surface area contributed by atoms with Gasteiger partial charge in [0.2, 0.25) is 0 Å². The highest BCUT2D eigenvalue weighted by molar-refractivity contribution is 5.42. The van der Waals surface area contributed by atoms with E-state index in [0.29, 0.717) is 5.92 Å². The summed E-state index contributed by atoms with van der Waals surface area (Å²) in [5, 5.41) is 12.9. The maximum atomic E-state index is 9.48. The molecule has 2 N–H and O–H groups in total. The van der Waals surface area contributed by atoms with E-state index in [0.717, 1.165) is 23.5 Å². The molecule has 0 amide bonds. The third-order valence-corrected chi connectivity index (χ3v) is 3.37. The molecule has 1 rings (SSSR count). The van der Waals surface area contributed by atoms with Crippen LogP contribution in [0.3, 0.4) is 0 Å². The van der Waals surface area contributed by atoms with Crippen molar-refractivity contribution >= 4 is 0 Å². The number of hydrogen-bond donors (Lipinski definition) is 2. The number of benzene rings is 1. The van der Waals surface area contributed by atoms with E-state index in [2.05, 4.69) is 26.1 Å². The summed E-state index contributed by atoms with van der Waals surface area (Å²) in [6.07, 6.45) is 0.938. The zero-order chi connectivity index (χ0) is 15.1. The number of nitrogens with one attached hydrogen (secondary N) is 1. The Morgan fingerprint density at radius 1 is 1.15 bits per heavy atom. The Kier molecular flexibility index (Phi) is 6.82. The van der Waals surface area contributed by atoms with Crippen LogP contribution < -0.4 is 14.8 Å². The average molecular weight is 281 g/mol. The van der Waals surface area contributed by atoms with Crippen LogP contribution in [-0.4, -0.2) is 32.0 Å². The topological polar surface area (TPSA) is 50.7 Å². The lowest BCUT2D eigenvalue weighted by molar-refractivity contribution is 0.214. The van der Waals surface area contributed by atoms with E-state index in [-0.39, 0.29) is 18.7 Å². The van der Waals surface area contributed by atoms with E-state index in [9.17, 15) is 5.11 Å². The molecule has 1 aromatic carbocycles. The fraction of sp³-hybridized carbons (Fsp3) is 0.625. The Balaban J connectivity index is 2.86. The normalized spacial score (nSPS) is 14.2. The molecule has 20 heavy (non-hydrogen) atoms. The first kappa shape index (κ1) is 16.8. The summed E-state index contributed by atoms with van der Waals surface area (Å²) in [4.78, 5) is 0. The Bertz CT molecular complexity index is 407. The van der Waals surface area contributed by atoms with Gasteiger partial charge in [-0.15, -0.1) is 0 Å². The number of aliphatic hydroxyl groups is 1. The summed E-state index contributed by atoms with van der Waals surface area (Å²) in [5.41, 5.74) is 1.04. The van der Waals surface area contributed by atoms with Crippen LogP contribution in [0.4, 0.5) is 0 Å². The second-order valence-electron chi connectivity index (χ2n) is 5.51. The van der Waals surface area contributed by atoms with Crippen molar-refractivity contribution in [1.82, 2.24) is 5.32 Å². The largest absolute Gasteiger partial charge is 0.497 e. The summed E-state index contributed by atoms with van der Waals surface area (Å²) in [6, 6.07) is 5.92. The van der Waals surface area contributed by atoms with Crippen LogP contribution in [0.15, 0.2) is 18.2 Å². The molecule has 0 bridgehead atoms. The Morgan fingerprint density at radius 3 is 2.35 bits per heavy atom. The van der Waals surface area contributed by atoms with Gasteiger partial charge in [0.15, 0.2) is 0 Å². The van der Waals surface area contributed by atoms with Crippen molar-refractivity contribution in [3.63, 3.8) is 0 Å². The summed E-state index contributed by atoms with van der Waals surface area (Å²) in [7, 11) is 3.31. The van der Waals surface area contributed by atoms with E-state index >= 15 is 0 Å². The second kappa shape index (κ2) is 8.12. The highest BCUT2D eigenvalue weighted by Gasteiger charge is 2.17. The van der Waals surface area contributed by atoms with Gasteiger partial charge in [-0.1, -0.05) is 13.8 Å². The van der Waals surface area contributed by atoms with Crippen molar-refractivity contribution in [2.45, 2.75) is 39.3 Å². The molecule has 0 aromatic heterocycles. The standard InChI is InChI=1S/C16H27NO3/c1-11(2)8-13(10-18)17-12(3)15-9-14(19-4)6-7-16(15)20-5/h6-7,9,11-13,17-18H,8,10H2,1-5H3. The summed E-state index contributed by atoms with van der Waals surface area (Å²) in [5.74, 6) is 2.17. The highest BCUT2D eigenvalue weighted by atomic mass is 16.5. The molecule has 0 aliphatic rings. The minimum absolute atomic E-state index is 0.0796. The van der Waals surface area contributed by atoms with Crippen molar-refractivity contribution in [2.24, 2.45) is 5.92 Å². The third-order valence-electron chi connectivity index (χ3n) is 3.37. The van der Waals surface area contributed by atoms with Crippen LogP contribution in [0.25, 0.3) is 0 Å². The molecule has 0 heterocycles. The van der Waals surface area contributed by atoms with Crippen LogP contribution in [-0.2, 0) is 0 Å². The van der Waals surface area contributed by atoms with Gasteiger partial charge in [-0.25, -0.2) is 0 Å². The van der Waals surface area contributed by atoms with E-state index in [1.54, 1.807) is 14.2 Å². The number of methoxy groups -OCH3 is 2. The molecule has 4 heteroatoms. The molecule has 0 aliphatic carbocycles. The zero-order valence-corrected chi connectivity index (χ0v) is 13.1. The molecule has 2 atom stereocenters. The molecule has 0 spiro atoms. The zero-order valence-electron chi connectivity index (χ0n) is 13.1. The fourth-order valence-electron chi connectivity index (χ4n) is 2.39. The summed E-state index contributed by atoms with van der Waals surface area (Å²) in [6.45, 7) is 6.51. The maximum Gasteiger partial charge on any atom is 0.123 e. The summed E-state index contributed by atoms with van der Waals surface area (Å²) < 4.78 is 10.7. The van der Waals surface area contributed by atoms with E-state index in [1.807, 2.05) is 18.2 Å². The average Bonchev–Trinajstić information content (AvgIpc) is 2.45. The van der Waals surface area contributed by atoms with Crippen LogP contribution >= 0.6 is 0 Å². The predicted octanol–water partition coefficient (Wildman–Crippen LogP) is 2.76. The minimum atomic E-state index is 0.0796. The van der Waals surface area contributed by atoms with Crippen LogP contribution in [0.1, 0.15) is 38.8 Å². The number of ether oxygens (including phenoxy) is 2. The lowest BCUT2D eigenvalue weighted by atomic mass is 10.0. The van der Waals surface area contributed by atoms with Crippen molar-refractivity contribution in [1.29, 1.82) is 0 Å². The molecule has 0 saturated heterocycles. The Morgan fingerprint density at radius 2 is 1.85 bits per heavy atom. The lowest BCUT2D eigenvalue weighted by Gasteiger charge is -2.25. The van der Waals surface area contributed by atoms with Gasteiger partial charge in [0, 0.05) is 17.6 Å². The van der Waals surface area contributed by atoms with Gasteiger partial charge in [0.25, 0.3) is 0 Å². The van der Waals surface area contributed by atoms with E-state index in [1.165, 1.54) is 0 Å². The molecular weight excluding hydrogens is 254 g/mol. The van der Waals surface area contributed by atoms with Gasteiger partial charge < -0.3 is 19.9 Å². The Labute approximate surface area is 122 Å². The van der Waals surface area contributed by atoms with Crippen molar-refractivity contribution < 1.29 is 14.6 Å². The van der Waals surface area contributed by atoms with Crippen molar-refractivity contribution in [3.8, 4) is 11.5 Å². The first-order chi connectivity index (χ1) is 9.51. The third kappa shape index (κ3) is 4.69. The summed E-state index contributed by atoms with van der Waals surface area (Å²) >= 11 is 0. The van der Waals surface area contributed by atoms with Gasteiger partial charge in [-0.3, -0.25) is 0 Å². The van der Waals surface area contributed by atoms with Gasteiger partial charge in [0.05, 0.1) is 20.8 Å². The molecule has 1 aromatic rings. The van der Waals surface area contributed by atoms with E-state index < -0.39 is 0 Å². The molecule has 0 radical (unpaired) electrons. The smallest absolute Gasteiger partial charge is 0.123 e. The molecule has 114 valence electrons. The lowest BCUT2D eigenvalue weighted by Crippen LogP contribution is -2.35. The van der Waals surface area contributed by atoms with Crippen molar-refractivity contribution in [2.75, 3.05) is 20.8 Å². The quantitative estimate of drug-likeness (QED) is 0.769. The van der Waals surface area contributed by atoms with Gasteiger partial charge in [-0.05, 0) is 37.5 Å². The molecular formula is C16H27NO3. The SMILES string of the molecule is COc1ccc(OC)c(C(C)NC(CO)CC(C)C)c1. The van der Waals surface area contributed by atoms with E-state index in [4.69, 9.17) is 9.47 Å². The molecule has 0 fully saturated rings. The van der Waals surface area contributed by atoms with Gasteiger partial charge >= 0.3 is 0 Å². The van der Waals surface area contributed by atoms with Crippen LogP contribution in [0.5, 0.6) is 11.5 Å². The first-order valence-electron chi connectivity index (χ1n) is 7.10. The van der Waals surface area contributed by atoms with Crippen LogP contribution in [0.2, 0.25) is 0 Å². The number of hydrogen-bond acceptors (Lipinski definition) is 4. The fourth-order valence-corrected chi connectivity index (χ4v) is 2.39. The monoisotopic (exact) mass is 281 g/mol. The predicted molar refractivity (Wildman–Crippen MR) is 81.4 cm³/mol. The van der Waals surface area contributed by atoms with Crippen molar-refractivity contribution in [3.05, 3.63) is 23.8 Å². The second-order valence-corrected chi connectivity index (χ2v) is 5.51. The highest BCUT2D eigenvalue weighted by Crippen LogP contribution is 2.29. The van der Waals surface area contributed by atoms with Gasteiger partial charge in [-0.2, -0.15) is 0 Å². The van der Waals surface area contributed by atoms with Gasteiger partial charge in [0.1, 0.15) is 11.5 Å². The molecule has 0 aliphatic heterocycles. The molecule has 2 unspecified atom stereocenters. The number of aliphatic hydroxyl groups excluding tert-OH is 1. The first-order valence-corrected chi connectivity index (χ1v) is 7.10. The molecule has 0 saturated carbocycles.